The highest BCUT2D eigenvalue weighted by Gasteiger charge is 2.33. The molecule has 0 aromatic carbocycles. The van der Waals surface area contributed by atoms with Crippen LogP contribution in [0.25, 0.3) is 0 Å². The molecule has 0 unspecified atom stereocenters. The number of hydrogen-bond acceptors (Lipinski definition) is 1. The van der Waals surface area contributed by atoms with Gasteiger partial charge in [0.1, 0.15) is 18.6 Å². The molecule has 1 nitrogen and oxygen atoms in total. The molecule has 52 valence electrons. The molecule has 0 radical (unpaired) electrons. The van der Waals surface area contributed by atoms with Crippen LogP contribution in [-0.2, 0) is 4.79 Å². The normalized spacial score (nSPS) is 43.1. The molecule has 1 fully saturated rings. The van der Waals surface area contributed by atoms with Crippen LogP contribution < -0.4 is 0 Å². The monoisotopic (exact) mass is 134 g/mol. The molecule has 0 spiro atoms. The van der Waals surface area contributed by atoms with Crippen LogP contribution in [0.4, 0.5) is 8.78 Å². The molecule has 1 saturated carbocycles. The van der Waals surface area contributed by atoms with Crippen LogP contribution in [0.15, 0.2) is 0 Å². The quantitative estimate of drug-likeness (QED) is 0.493. The Morgan fingerprint density at radius 3 is 1.89 bits per heavy atom. The zero-order valence-corrected chi connectivity index (χ0v) is 4.89. The Kier molecular flexibility index (Phi) is 1.78. The molecule has 0 amide bonds. The fourth-order valence-electron chi connectivity index (χ4n) is 1.08. The Hall–Kier alpha value is -0.470. The maximum Gasteiger partial charge on any atom is 0.132 e. The van der Waals surface area contributed by atoms with Crippen LogP contribution in [0.2, 0.25) is 0 Å². The van der Waals surface area contributed by atoms with Gasteiger partial charge in [0.15, 0.2) is 0 Å². The van der Waals surface area contributed by atoms with Gasteiger partial charge < -0.3 is 4.79 Å². The van der Waals surface area contributed by atoms with Crippen LogP contribution in [-0.4, -0.2) is 18.6 Å². The number of rotatable bonds is 1. The summed E-state index contributed by atoms with van der Waals surface area (Å²) in [7, 11) is 0. The smallest absolute Gasteiger partial charge is 0.132 e. The molecule has 0 aromatic heterocycles. The van der Waals surface area contributed by atoms with Gasteiger partial charge in [-0.3, -0.25) is 0 Å². The molecule has 1 aliphatic carbocycles. The topological polar surface area (TPSA) is 17.1 Å². The molecule has 0 saturated heterocycles. The lowest BCUT2D eigenvalue weighted by Crippen LogP contribution is -2.06. The molecule has 1 rings (SSSR count). The first-order chi connectivity index (χ1) is 4.24. The molecule has 3 heteroatoms. The highest BCUT2D eigenvalue weighted by atomic mass is 19.2. The van der Waals surface area contributed by atoms with Gasteiger partial charge in [-0.2, -0.15) is 0 Å². The minimum atomic E-state index is -1.40. The van der Waals surface area contributed by atoms with E-state index in [-0.39, 0.29) is 18.8 Å². The van der Waals surface area contributed by atoms with Gasteiger partial charge >= 0.3 is 0 Å². The van der Waals surface area contributed by atoms with Crippen molar-refractivity contribution in [1.29, 1.82) is 0 Å². The largest absolute Gasteiger partial charge is 0.303 e. The lowest BCUT2D eigenvalue weighted by Gasteiger charge is -1.96. The summed E-state index contributed by atoms with van der Waals surface area (Å²) < 4.78 is 24.4. The molecule has 0 aliphatic heterocycles. The Bertz CT molecular complexity index is 106. The standard InChI is InChI=1S/C6H8F2O/c7-5-1-4(3-9)2-6(5)8/h3-6H,1-2H2/t4-,5+,6-. The number of halogens is 2. The van der Waals surface area contributed by atoms with Crippen molar-refractivity contribution in [2.45, 2.75) is 25.2 Å². The highest BCUT2D eigenvalue weighted by Crippen LogP contribution is 2.28. The van der Waals surface area contributed by atoms with Crippen molar-refractivity contribution in [3.63, 3.8) is 0 Å². The van der Waals surface area contributed by atoms with E-state index in [1.807, 2.05) is 0 Å². The van der Waals surface area contributed by atoms with E-state index in [9.17, 15) is 13.6 Å². The predicted octanol–water partition coefficient (Wildman–Crippen LogP) is 1.27. The van der Waals surface area contributed by atoms with Gasteiger partial charge in [0, 0.05) is 5.92 Å². The summed E-state index contributed by atoms with van der Waals surface area (Å²) in [6.45, 7) is 0. The van der Waals surface area contributed by atoms with E-state index in [4.69, 9.17) is 0 Å². The third kappa shape index (κ3) is 1.26. The maximum atomic E-state index is 12.2. The third-order valence-corrected chi connectivity index (χ3v) is 1.64. The molecule has 0 N–H and O–H groups in total. The summed E-state index contributed by atoms with van der Waals surface area (Å²) in [5.41, 5.74) is 0. The molecular formula is C6H8F2O. The van der Waals surface area contributed by atoms with Crippen molar-refractivity contribution in [2.75, 3.05) is 0 Å². The lowest BCUT2D eigenvalue weighted by molar-refractivity contribution is -0.111. The number of carbonyl (C=O) groups excluding carboxylic acids is 1. The van der Waals surface area contributed by atoms with E-state index in [1.165, 1.54) is 0 Å². The summed E-state index contributed by atoms with van der Waals surface area (Å²) in [4.78, 5) is 9.96. The van der Waals surface area contributed by atoms with Gasteiger partial charge in [-0.1, -0.05) is 0 Å². The van der Waals surface area contributed by atoms with Crippen LogP contribution in [0.1, 0.15) is 12.8 Å². The third-order valence-electron chi connectivity index (χ3n) is 1.64. The van der Waals surface area contributed by atoms with Crippen molar-refractivity contribution in [1.82, 2.24) is 0 Å². The van der Waals surface area contributed by atoms with Crippen molar-refractivity contribution in [3.05, 3.63) is 0 Å². The fraction of sp³-hybridized carbons (Fsp3) is 0.833. The van der Waals surface area contributed by atoms with Gasteiger partial charge in [-0.05, 0) is 12.8 Å². The summed E-state index contributed by atoms with van der Waals surface area (Å²) >= 11 is 0. The van der Waals surface area contributed by atoms with Crippen molar-refractivity contribution < 1.29 is 13.6 Å². The minimum absolute atomic E-state index is 0.0741. The Labute approximate surface area is 52.1 Å². The number of aldehydes is 1. The highest BCUT2D eigenvalue weighted by molar-refractivity contribution is 5.54. The zero-order valence-electron chi connectivity index (χ0n) is 4.89. The Morgan fingerprint density at radius 2 is 1.67 bits per heavy atom. The minimum Gasteiger partial charge on any atom is -0.303 e. The van der Waals surface area contributed by atoms with Crippen LogP contribution in [0.3, 0.4) is 0 Å². The van der Waals surface area contributed by atoms with Gasteiger partial charge in [0.2, 0.25) is 0 Å². The SMILES string of the molecule is O=C[C@H]1C[C@@H](F)[C@@H](F)C1. The Morgan fingerprint density at radius 1 is 1.22 bits per heavy atom. The first kappa shape index (κ1) is 6.65. The zero-order chi connectivity index (χ0) is 6.85. The lowest BCUT2D eigenvalue weighted by atomic mass is 10.1. The average Bonchev–Trinajstić information content (AvgIpc) is 2.13. The fourth-order valence-corrected chi connectivity index (χ4v) is 1.08. The van der Waals surface area contributed by atoms with E-state index in [0.717, 1.165) is 0 Å². The van der Waals surface area contributed by atoms with Gasteiger partial charge in [0.25, 0.3) is 0 Å². The predicted molar refractivity (Wildman–Crippen MR) is 28.6 cm³/mol. The average molecular weight is 134 g/mol. The molecular weight excluding hydrogens is 126 g/mol. The molecule has 0 bridgehead atoms. The second-order valence-electron chi connectivity index (χ2n) is 2.40. The maximum absolute atomic E-state index is 12.2. The van der Waals surface area contributed by atoms with E-state index in [2.05, 4.69) is 0 Å². The van der Waals surface area contributed by atoms with Gasteiger partial charge in [-0.15, -0.1) is 0 Å². The van der Waals surface area contributed by atoms with Gasteiger partial charge in [-0.25, -0.2) is 8.78 Å². The second kappa shape index (κ2) is 2.42. The molecule has 0 heterocycles. The summed E-state index contributed by atoms with van der Waals surface area (Å²) in [5, 5.41) is 0. The van der Waals surface area contributed by atoms with E-state index in [1.54, 1.807) is 0 Å². The van der Waals surface area contributed by atoms with Crippen molar-refractivity contribution in [2.24, 2.45) is 5.92 Å². The van der Waals surface area contributed by atoms with E-state index in [0.29, 0.717) is 6.29 Å². The van der Waals surface area contributed by atoms with Crippen molar-refractivity contribution in [3.8, 4) is 0 Å². The molecule has 3 atom stereocenters. The van der Waals surface area contributed by atoms with Crippen LogP contribution in [0, 0.1) is 5.92 Å². The summed E-state index contributed by atoms with van der Waals surface area (Å²) in [6.07, 6.45) is -2.03. The first-order valence-corrected chi connectivity index (χ1v) is 2.97. The second-order valence-corrected chi connectivity index (χ2v) is 2.40. The van der Waals surface area contributed by atoms with Gasteiger partial charge in [0.05, 0.1) is 0 Å². The molecule has 0 aromatic rings. The Balaban J connectivity index is 2.43. The molecule has 9 heavy (non-hydrogen) atoms. The number of carbonyl (C=O) groups is 1. The first-order valence-electron chi connectivity index (χ1n) is 2.97. The van der Waals surface area contributed by atoms with Crippen molar-refractivity contribution >= 4 is 6.29 Å². The summed E-state index contributed by atoms with van der Waals surface area (Å²) in [6, 6.07) is 0. The molecule has 1 aliphatic rings. The number of hydrogen-bond donors (Lipinski definition) is 0. The van der Waals surface area contributed by atoms with E-state index >= 15 is 0 Å². The van der Waals surface area contributed by atoms with Crippen LogP contribution >= 0.6 is 0 Å². The summed E-state index contributed by atoms with van der Waals surface area (Å²) in [5.74, 6) is -0.380. The number of alkyl halides is 2. The van der Waals surface area contributed by atoms with E-state index < -0.39 is 12.3 Å². The van der Waals surface area contributed by atoms with Crippen LogP contribution in [0.5, 0.6) is 0 Å².